The summed E-state index contributed by atoms with van der Waals surface area (Å²) in [6.07, 6.45) is -4.65. The van der Waals surface area contributed by atoms with Crippen molar-refractivity contribution >= 4 is 34.1 Å². The van der Waals surface area contributed by atoms with Crippen molar-refractivity contribution in [2.75, 3.05) is 5.73 Å². The Morgan fingerprint density at radius 1 is 1.21 bits per heavy atom. The number of alkyl halides is 3. The van der Waals surface area contributed by atoms with Crippen LogP contribution in [0.2, 0.25) is 5.02 Å². The maximum absolute atomic E-state index is 12.9. The lowest BCUT2D eigenvalue weighted by molar-refractivity contribution is -0.145. The molecular weight excluding hydrogens is 283 g/mol. The third-order valence-corrected chi connectivity index (χ3v) is 2.80. The van der Waals surface area contributed by atoms with Crippen LogP contribution in [0.4, 0.5) is 19.0 Å². The number of benzene rings is 1. The van der Waals surface area contributed by atoms with Crippen LogP contribution in [0.25, 0.3) is 16.7 Å². The fourth-order valence-corrected chi connectivity index (χ4v) is 1.98. The monoisotopic (exact) mass is 287 g/mol. The van der Waals surface area contributed by atoms with Crippen LogP contribution in [-0.2, 0) is 6.18 Å². The lowest BCUT2D eigenvalue weighted by Crippen LogP contribution is -2.12. The van der Waals surface area contributed by atoms with E-state index in [4.69, 9.17) is 17.3 Å². The Labute approximate surface area is 108 Å². The Bertz CT molecular complexity index is 795. The van der Waals surface area contributed by atoms with Gasteiger partial charge in [-0.15, -0.1) is 10.2 Å². The molecule has 3 aromatic rings. The molecule has 5 nitrogen and oxygen atoms in total. The summed E-state index contributed by atoms with van der Waals surface area (Å²) in [5, 5.41) is 6.84. The summed E-state index contributed by atoms with van der Waals surface area (Å²) in [6, 6.07) is 4.35. The third-order valence-electron chi connectivity index (χ3n) is 2.56. The largest absolute Gasteiger partial charge is 0.452 e. The second kappa shape index (κ2) is 3.70. The van der Waals surface area contributed by atoms with Crippen molar-refractivity contribution in [2.24, 2.45) is 0 Å². The average Bonchev–Trinajstić information content (AvgIpc) is 2.75. The van der Waals surface area contributed by atoms with Crippen LogP contribution in [0.15, 0.2) is 18.2 Å². The van der Waals surface area contributed by atoms with Crippen LogP contribution < -0.4 is 5.73 Å². The van der Waals surface area contributed by atoms with Crippen LogP contribution in [-0.4, -0.2) is 19.6 Å². The minimum Gasteiger partial charge on any atom is -0.381 e. The van der Waals surface area contributed by atoms with Gasteiger partial charge in [0.05, 0.1) is 11.0 Å². The molecule has 0 radical (unpaired) electrons. The highest BCUT2D eigenvalue weighted by atomic mass is 35.5. The topological polar surface area (TPSA) is 69.1 Å². The van der Waals surface area contributed by atoms with Crippen molar-refractivity contribution < 1.29 is 13.2 Å². The number of halogens is 4. The standard InChI is InChI=1S/C10H5ClF3N5/c11-4-1-2-5-6(3-4)19-8(7(15)16-5)17-18-9(19)10(12,13)14/h1-3H,(H2,15,16). The van der Waals surface area contributed by atoms with Gasteiger partial charge in [0.2, 0.25) is 11.5 Å². The van der Waals surface area contributed by atoms with E-state index in [1.165, 1.54) is 18.2 Å². The van der Waals surface area contributed by atoms with Gasteiger partial charge in [-0.1, -0.05) is 11.6 Å². The summed E-state index contributed by atoms with van der Waals surface area (Å²) < 4.78 is 39.5. The summed E-state index contributed by atoms with van der Waals surface area (Å²) in [4.78, 5) is 3.97. The lowest BCUT2D eigenvalue weighted by atomic mass is 10.3. The Morgan fingerprint density at radius 3 is 2.63 bits per heavy atom. The highest BCUT2D eigenvalue weighted by molar-refractivity contribution is 6.31. The van der Waals surface area contributed by atoms with Gasteiger partial charge in [0.1, 0.15) is 0 Å². The van der Waals surface area contributed by atoms with E-state index < -0.39 is 12.0 Å². The van der Waals surface area contributed by atoms with Gasteiger partial charge in [-0.25, -0.2) is 4.98 Å². The molecule has 0 aliphatic carbocycles. The molecule has 0 unspecified atom stereocenters. The van der Waals surface area contributed by atoms with Crippen LogP contribution in [0.3, 0.4) is 0 Å². The van der Waals surface area contributed by atoms with Crippen LogP contribution in [0, 0.1) is 0 Å². The summed E-state index contributed by atoms with van der Waals surface area (Å²) >= 11 is 5.80. The molecule has 0 saturated carbocycles. The van der Waals surface area contributed by atoms with E-state index >= 15 is 0 Å². The van der Waals surface area contributed by atoms with Crippen molar-refractivity contribution in [3.8, 4) is 0 Å². The van der Waals surface area contributed by atoms with E-state index in [1.54, 1.807) is 0 Å². The molecule has 0 fully saturated rings. The molecule has 0 aliphatic heterocycles. The molecule has 2 heterocycles. The zero-order valence-corrected chi connectivity index (χ0v) is 9.87. The fourth-order valence-electron chi connectivity index (χ4n) is 1.81. The maximum atomic E-state index is 12.9. The quantitative estimate of drug-likeness (QED) is 0.690. The first kappa shape index (κ1) is 12.0. The summed E-state index contributed by atoms with van der Waals surface area (Å²) in [7, 11) is 0. The summed E-state index contributed by atoms with van der Waals surface area (Å²) in [5.41, 5.74) is 5.86. The zero-order chi connectivity index (χ0) is 13.8. The molecule has 2 N–H and O–H groups in total. The van der Waals surface area contributed by atoms with Gasteiger partial charge in [0.15, 0.2) is 5.82 Å². The zero-order valence-electron chi connectivity index (χ0n) is 9.11. The molecule has 9 heteroatoms. The number of hydrogen-bond donors (Lipinski definition) is 1. The molecule has 0 saturated heterocycles. The van der Waals surface area contributed by atoms with Crippen molar-refractivity contribution in [1.82, 2.24) is 19.6 Å². The fraction of sp³-hybridized carbons (Fsp3) is 0.100. The smallest absolute Gasteiger partial charge is 0.381 e. The van der Waals surface area contributed by atoms with Gasteiger partial charge in [-0.2, -0.15) is 13.2 Å². The van der Waals surface area contributed by atoms with Crippen LogP contribution in [0.1, 0.15) is 5.82 Å². The van der Waals surface area contributed by atoms with E-state index in [1.807, 2.05) is 0 Å². The lowest BCUT2D eigenvalue weighted by Gasteiger charge is -2.08. The maximum Gasteiger partial charge on any atom is 0.452 e. The number of rotatable bonds is 0. The van der Waals surface area contributed by atoms with Gasteiger partial charge < -0.3 is 5.73 Å². The minimum absolute atomic E-state index is 0.127. The molecular formula is C10H5ClF3N5. The van der Waals surface area contributed by atoms with Crippen LogP contribution >= 0.6 is 11.6 Å². The second-order valence-corrected chi connectivity index (χ2v) is 4.25. The molecule has 0 amide bonds. The van der Waals surface area contributed by atoms with Crippen molar-refractivity contribution in [3.05, 3.63) is 29.0 Å². The van der Waals surface area contributed by atoms with Gasteiger partial charge in [-0.3, -0.25) is 4.40 Å². The van der Waals surface area contributed by atoms with E-state index in [2.05, 4.69) is 15.2 Å². The summed E-state index contributed by atoms with van der Waals surface area (Å²) in [6.45, 7) is 0. The summed E-state index contributed by atoms with van der Waals surface area (Å²) in [5.74, 6) is -1.29. The first-order valence-corrected chi connectivity index (χ1v) is 5.43. The van der Waals surface area contributed by atoms with Gasteiger partial charge in [0.25, 0.3) is 0 Å². The van der Waals surface area contributed by atoms with Crippen LogP contribution in [0.5, 0.6) is 0 Å². The second-order valence-electron chi connectivity index (χ2n) is 3.81. The van der Waals surface area contributed by atoms with E-state index in [0.29, 0.717) is 0 Å². The Hall–Kier alpha value is -2.09. The molecule has 0 atom stereocenters. The molecule has 0 bridgehead atoms. The number of fused-ring (bicyclic) bond motifs is 3. The van der Waals surface area contributed by atoms with Gasteiger partial charge in [0, 0.05) is 5.02 Å². The normalized spacial score (nSPS) is 12.4. The number of nitrogens with zero attached hydrogens (tertiary/aromatic N) is 4. The molecule has 98 valence electrons. The van der Waals surface area contributed by atoms with Crippen molar-refractivity contribution in [1.29, 1.82) is 0 Å². The minimum atomic E-state index is -4.65. The van der Waals surface area contributed by atoms with E-state index in [-0.39, 0.29) is 27.5 Å². The Kier molecular flexibility index (Phi) is 2.33. The number of aromatic nitrogens is 4. The SMILES string of the molecule is Nc1nc2ccc(Cl)cc2n2c(C(F)(F)F)nnc12. The number of nitrogens with two attached hydrogens (primary N) is 1. The Morgan fingerprint density at radius 2 is 1.95 bits per heavy atom. The van der Waals surface area contributed by atoms with Gasteiger partial charge >= 0.3 is 6.18 Å². The van der Waals surface area contributed by atoms with Gasteiger partial charge in [-0.05, 0) is 18.2 Å². The first-order chi connectivity index (χ1) is 8.88. The van der Waals surface area contributed by atoms with E-state index in [9.17, 15) is 13.2 Å². The average molecular weight is 288 g/mol. The molecule has 0 aliphatic rings. The number of hydrogen-bond acceptors (Lipinski definition) is 4. The number of nitrogen functional groups attached to an aromatic ring is 1. The highest BCUT2D eigenvalue weighted by Gasteiger charge is 2.38. The third kappa shape index (κ3) is 1.75. The predicted molar refractivity (Wildman–Crippen MR) is 62.7 cm³/mol. The number of anilines is 1. The predicted octanol–water partition coefficient (Wildman–Crippen LogP) is 2.53. The van der Waals surface area contributed by atoms with Crippen molar-refractivity contribution in [2.45, 2.75) is 6.18 Å². The molecule has 1 aromatic carbocycles. The first-order valence-electron chi connectivity index (χ1n) is 5.05. The molecule has 3 rings (SSSR count). The Balaban J connectivity index is 2.56. The molecule has 19 heavy (non-hydrogen) atoms. The van der Waals surface area contributed by atoms with E-state index in [0.717, 1.165) is 4.40 Å². The highest BCUT2D eigenvalue weighted by Crippen LogP contribution is 2.31. The molecule has 2 aromatic heterocycles. The molecule has 0 spiro atoms. The van der Waals surface area contributed by atoms with Crippen molar-refractivity contribution in [3.63, 3.8) is 0 Å².